The molecule has 0 spiro atoms. The SMILES string of the molecule is CCOc1ccccc1N1C(=O)NC(=O)/C(=C\c2cn(Cc3cccc4ccccc34)c3ccccc23)C1=O. The van der Waals surface area contributed by atoms with Crippen LogP contribution in [0.3, 0.4) is 0 Å². The summed E-state index contributed by atoms with van der Waals surface area (Å²) in [5.41, 5.74) is 2.98. The van der Waals surface area contributed by atoms with E-state index < -0.39 is 17.8 Å². The third-order valence-corrected chi connectivity index (χ3v) is 6.85. The smallest absolute Gasteiger partial charge is 0.336 e. The van der Waals surface area contributed by atoms with E-state index in [1.807, 2.05) is 55.6 Å². The van der Waals surface area contributed by atoms with Gasteiger partial charge in [0.2, 0.25) is 0 Å². The zero-order chi connectivity index (χ0) is 26.9. The lowest BCUT2D eigenvalue weighted by Gasteiger charge is -2.27. The number of nitrogens with one attached hydrogen (secondary N) is 1. The van der Waals surface area contributed by atoms with Gasteiger partial charge >= 0.3 is 6.03 Å². The number of fused-ring (bicyclic) bond motifs is 2. The lowest BCUT2D eigenvalue weighted by atomic mass is 10.0. The number of aromatic nitrogens is 1. The van der Waals surface area contributed by atoms with Crippen molar-refractivity contribution in [2.24, 2.45) is 0 Å². The Hall–Kier alpha value is -5.17. The summed E-state index contributed by atoms with van der Waals surface area (Å²) in [5, 5.41) is 5.53. The minimum atomic E-state index is -0.812. The molecule has 1 aliphatic heterocycles. The van der Waals surface area contributed by atoms with Gasteiger partial charge in [-0.2, -0.15) is 0 Å². The van der Waals surface area contributed by atoms with E-state index in [0.717, 1.165) is 26.8 Å². The average molecular weight is 516 g/mol. The fourth-order valence-corrected chi connectivity index (χ4v) is 5.09. The van der Waals surface area contributed by atoms with E-state index in [1.165, 1.54) is 5.39 Å². The number of urea groups is 1. The summed E-state index contributed by atoms with van der Waals surface area (Å²) in [6.45, 7) is 2.79. The maximum Gasteiger partial charge on any atom is 0.336 e. The third kappa shape index (κ3) is 4.34. The number of carbonyl (C=O) groups is 3. The molecule has 7 heteroatoms. The van der Waals surface area contributed by atoms with Crippen LogP contribution in [0.1, 0.15) is 18.1 Å². The van der Waals surface area contributed by atoms with Crippen LogP contribution in [-0.2, 0) is 16.1 Å². The molecule has 4 aromatic carbocycles. The topological polar surface area (TPSA) is 80.6 Å². The van der Waals surface area contributed by atoms with Crippen molar-refractivity contribution in [2.45, 2.75) is 13.5 Å². The Bertz CT molecular complexity index is 1790. The quantitative estimate of drug-likeness (QED) is 0.225. The molecule has 39 heavy (non-hydrogen) atoms. The van der Waals surface area contributed by atoms with Crippen molar-refractivity contribution in [3.05, 3.63) is 114 Å². The standard InChI is InChI=1S/C32H25N3O4/c1-2-39-29-17-8-7-16-28(29)35-31(37)26(30(36)33-32(35)38)18-23-20-34(27-15-6-5-14-25(23)27)19-22-12-9-11-21-10-3-4-13-24(21)22/h3-18,20H,2,19H2,1H3,(H,33,36,38)/b26-18+. The van der Waals surface area contributed by atoms with Crippen LogP contribution in [0.25, 0.3) is 27.8 Å². The molecule has 0 unspecified atom stereocenters. The predicted molar refractivity (Wildman–Crippen MR) is 152 cm³/mol. The summed E-state index contributed by atoms with van der Waals surface area (Å²) in [5.74, 6) is -1.06. The molecule has 2 heterocycles. The lowest BCUT2D eigenvalue weighted by molar-refractivity contribution is -0.122. The van der Waals surface area contributed by atoms with E-state index in [1.54, 1.807) is 30.3 Å². The Morgan fingerprint density at radius 3 is 2.38 bits per heavy atom. The van der Waals surface area contributed by atoms with Gasteiger partial charge in [-0.05, 0) is 47.5 Å². The monoisotopic (exact) mass is 515 g/mol. The highest BCUT2D eigenvalue weighted by Crippen LogP contribution is 2.32. The molecular weight excluding hydrogens is 490 g/mol. The summed E-state index contributed by atoms with van der Waals surface area (Å²) in [6, 6.07) is 28.3. The van der Waals surface area contributed by atoms with E-state index in [-0.39, 0.29) is 11.3 Å². The highest BCUT2D eigenvalue weighted by molar-refractivity contribution is 6.39. The maximum absolute atomic E-state index is 13.6. The van der Waals surface area contributed by atoms with Gasteiger partial charge in [-0.25, -0.2) is 9.69 Å². The molecule has 1 aromatic heterocycles. The van der Waals surface area contributed by atoms with Crippen LogP contribution in [0.2, 0.25) is 0 Å². The second-order valence-corrected chi connectivity index (χ2v) is 9.23. The molecule has 0 aliphatic carbocycles. The van der Waals surface area contributed by atoms with Crippen molar-refractivity contribution in [3.63, 3.8) is 0 Å². The van der Waals surface area contributed by atoms with Gasteiger partial charge in [-0.15, -0.1) is 0 Å². The van der Waals surface area contributed by atoms with Crippen molar-refractivity contribution < 1.29 is 19.1 Å². The molecule has 5 aromatic rings. The molecule has 1 aliphatic rings. The van der Waals surface area contributed by atoms with Crippen molar-refractivity contribution in [2.75, 3.05) is 11.5 Å². The van der Waals surface area contributed by atoms with Crippen LogP contribution < -0.4 is 15.0 Å². The normalized spacial score (nSPS) is 14.8. The molecule has 6 rings (SSSR count). The van der Waals surface area contributed by atoms with Gasteiger partial charge in [0.1, 0.15) is 11.3 Å². The summed E-state index contributed by atoms with van der Waals surface area (Å²) in [4.78, 5) is 40.2. The Morgan fingerprint density at radius 1 is 0.821 bits per heavy atom. The molecule has 1 saturated heterocycles. The van der Waals surface area contributed by atoms with E-state index >= 15 is 0 Å². The fourth-order valence-electron chi connectivity index (χ4n) is 5.09. The molecule has 1 N–H and O–H groups in total. The summed E-state index contributed by atoms with van der Waals surface area (Å²) in [6.07, 6.45) is 3.50. The van der Waals surface area contributed by atoms with Crippen LogP contribution in [0.4, 0.5) is 10.5 Å². The van der Waals surface area contributed by atoms with Crippen molar-refractivity contribution in [1.29, 1.82) is 0 Å². The first-order valence-electron chi connectivity index (χ1n) is 12.7. The van der Waals surface area contributed by atoms with Crippen LogP contribution >= 0.6 is 0 Å². The first-order chi connectivity index (χ1) is 19.0. The van der Waals surface area contributed by atoms with Gasteiger partial charge in [-0.3, -0.25) is 14.9 Å². The number of para-hydroxylation sites is 3. The number of nitrogens with zero attached hydrogens (tertiary/aromatic N) is 2. The Labute approximate surface area is 224 Å². The van der Waals surface area contributed by atoms with Gasteiger partial charge in [0.25, 0.3) is 11.8 Å². The lowest BCUT2D eigenvalue weighted by Crippen LogP contribution is -2.54. The second-order valence-electron chi connectivity index (χ2n) is 9.23. The number of benzene rings is 4. The van der Waals surface area contributed by atoms with Crippen LogP contribution in [0, 0.1) is 0 Å². The summed E-state index contributed by atoms with van der Waals surface area (Å²) in [7, 11) is 0. The first-order valence-corrected chi connectivity index (χ1v) is 12.7. The van der Waals surface area contributed by atoms with E-state index in [2.05, 4.69) is 34.1 Å². The Kier molecular flexibility index (Phi) is 6.17. The largest absolute Gasteiger partial charge is 0.492 e. The molecule has 192 valence electrons. The molecule has 4 amide bonds. The number of barbiturate groups is 1. The van der Waals surface area contributed by atoms with Gasteiger partial charge in [0.05, 0.1) is 12.3 Å². The molecule has 0 saturated carbocycles. The van der Waals surface area contributed by atoms with Gasteiger partial charge < -0.3 is 9.30 Å². The van der Waals surface area contributed by atoms with E-state index in [9.17, 15) is 14.4 Å². The number of rotatable bonds is 6. The fraction of sp³-hybridized carbons (Fsp3) is 0.0938. The average Bonchev–Trinajstić information content (AvgIpc) is 3.29. The molecular formula is C32H25N3O4. The van der Waals surface area contributed by atoms with Crippen LogP contribution in [-0.4, -0.2) is 29.0 Å². The predicted octanol–water partition coefficient (Wildman–Crippen LogP) is 5.91. The van der Waals surface area contributed by atoms with E-state index in [0.29, 0.717) is 24.5 Å². The molecule has 1 fully saturated rings. The van der Waals surface area contributed by atoms with Crippen LogP contribution in [0.5, 0.6) is 5.75 Å². The maximum atomic E-state index is 13.6. The Morgan fingerprint density at radius 2 is 1.54 bits per heavy atom. The van der Waals surface area contributed by atoms with Crippen molar-refractivity contribution in [1.82, 2.24) is 9.88 Å². The summed E-state index contributed by atoms with van der Waals surface area (Å²) >= 11 is 0. The zero-order valence-electron chi connectivity index (χ0n) is 21.3. The number of hydrogen-bond donors (Lipinski definition) is 1. The van der Waals surface area contributed by atoms with Crippen molar-refractivity contribution >= 4 is 51.3 Å². The molecule has 0 radical (unpaired) electrons. The number of imide groups is 2. The minimum absolute atomic E-state index is 0.131. The van der Waals surface area contributed by atoms with Crippen molar-refractivity contribution in [3.8, 4) is 5.75 Å². The van der Waals surface area contributed by atoms with Crippen LogP contribution in [0.15, 0.2) is 103 Å². The highest BCUT2D eigenvalue weighted by atomic mass is 16.5. The molecule has 7 nitrogen and oxygen atoms in total. The number of anilines is 1. The third-order valence-electron chi connectivity index (χ3n) is 6.85. The number of carbonyl (C=O) groups excluding carboxylic acids is 3. The first kappa shape index (κ1) is 24.2. The highest BCUT2D eigenvalue weighted by Gasteiger charge is 2.38. The summed E-state index contributed by atoms with van der Waals surface area (Å²) < 4.78 is 7.75. The number of amides is 4. The Balaban J connectivity index is 1.43. The van der Waals surface area contributed by atoms with Gasteiger partial charge in [0.15, 0.2) is 0 Å². The molecule has 0 atom stereocenters. The molecule has 0 bridgehead atoms. The zero-order valence-corrected chi connectivity index (χ0v) is 21.3. The second kappa shape index (κ2) is 9.95. The van der Waals surface area contributed by atoms with E-state index in [4.69, 9.17) is 4.74 Å². The number of ether oxygens (including phenoxy) is 1. The van der Waals surface area contributed by atoms with Gasteiger partial charge in [-0.1, -0.05) is 72.8 Å². The van der Waals surface area contributed by atoms with Gasteiger partial charge in [0, 0.05) is 29.2 Å². The number of hydrogen-bond acceptors (Lipinski definition) is 4. The minimum Gasteiger partial charge on any atom is -0.492 e.